The van der Waals surface area contributed by atoms with Gasteiger partial charge in [0.1, 0.15) is 11.4 Å². The van der Waals surface area contributed by atoms with Crippen molar-refractivity contribution >= 4 is 23.2 Å². The van der Waals surface area contributed by atoms with E-state index in [4.69, 9.17) is 4.74 Å². The number of benzene rings is 1. The van der Waals surface area contributed by atoms with Crippen molar-refractivity contribution in [1.29, 1.82) is 0 Å². The lowest BCUT2D eigenvalue weighted by Crippen LogP contribution is -2.33. The van der Waals surface area contributed by atoms with E-state index in [1.165, 1.54) is 25.3 Å². The summed E-state index contributed by atoms with van der Waals surface area (Å²) in [4.78, 5) is 37.1. The number of rotatable bonds is 3. The molecule has 1 saturated carbocycles. The molecule has 2 fully saturated rings. The van der Waals surface area contributed by atoms with Crippen LogP contribution in [0.5, 0.6) is 5.75 Å². The molecule has 7 heteroatoms. The van der Waals surface area contributed by atoms with E-state index >= 15 is 0 Å². The van der Waals surface area contributed by atoms with Crippen molar-refractivity contribution in [1.82, 2.24) is 0 Å². The van der Waals surface area contributed by atoms with Gasteiger partial charge in [0, 0.05) is 12.1 Å². The minimum atomic E-state index is -0.556. The summed E-state index contributed by atoms with van der Waals surface area (Å²) in [6, 6.07) is 3.93. The van der Waals surface area contributed by atoms with Crippen LogP contribution in [0.3, 0.4) is 0 Å². The number of anilines is 1. The zero-order chi connectivity index (χ0) is 16.3. The second kappa shape index (κ2) is 4.65. The molecule has 7 nitrogen and oxygen atoms in total. The number of hydrogen-bond donors (Lipinski definition) is 0. The van der Waals surface area contributed by atoms with Crippen LogP contribution in [0.2, 0.25) is 0 Å². The van der Waals surface area contributed by atoms with Crippen molar-refractivity contribution in [3.05, 3.63) is 40.5 Å². The number of allylic oxidation sites excluding steroid dienone is 2. The van der Waals surface area contributed by atoms with Gasteiger partial charge in [-0.05, 0) is 24.3 Å². The Kier molecular flexibility index (Phi) is 2.81. The van der Waals surface area contributed by atoms with Crippen LogP contribution in [0, 0.1) is 33.8 Å². The first-order valence-corrected chi connectivity index (χ1v) is 7.41. The van der Waals surface area contributed by atoms with Gasteiger partial charge in [-0.3, -0.25) is 19.7 Å². The molecule has 118 valence electrons. The maximum absolute atomic E-state index is 12.8. The number of imide groups is 1. The van der Waals surface area contributed by atoms with Crippen LogP contribution in [0.1, 0.15) is 6.42 Å². The Labute approximate surface area is 131 Å². The third kappa shape index (κ3) is 1.76. The Morgan fingerprint density at radius 2 is 1.78 bits per heavy atom. The van der Waals surface area contributed by atoms with Crippen LogP contribution in [-0.2, 0) is 9.59 Å². The number of nitro benzene ring substituents is 1. The van der Waals surface area contributed by atoms with Crippen LogP contribution >= 0.6 is 0 Å². The van der Waals surface area contributed by atoms with E-state index in [1.54, 1.807) is 0 Å². The summed E-state index contributed by atoms with van der Waals surface area (Å²) in [5.41, 5.74) is -0.0231. The van der Waals surface area contributed by atoms with Gasteiger partial charge < -0.3 is 4.74 Å². The zero-order valence-electron chi connectivity index (χ0n) is 12.3. The van der Waals surface area contributed by atoms with E-state index in [0.29, 0.717) is 0 Å². The SMILES string of the molecule is COc1ccc([N+](=O)[O-])cc1N1C(=O)[C@@H]2[C@@H](C1=O)[C@H]1C=C[C@@H]2C1. The van der Waals surface area contributed by atoms with Gasteiger partial charge in [-0.25, -0.2) is 4.90 Å². The number of ether oxygens (including phenoxy) is 1. The largest absolute Gasteiger partial charge is 0.495 e. The number of carbonyl (C=O) groups is 2. The molecule has 0 aromatic heterocycles. The van der Waals surface area contributed by atoms with E-state index in [-0.39, 0.29) is 52.6 Å². The van der Waals surface area contributed by atoms with Crippen LogP contribution in [-0.4, -0.2) is 23.8 Å². The highest BCUT2D eigenvalue weighted by molar-refractivity contribution is 6.23. The van der Waals surface area contributed by atoms with Gasteiger partial charge in [0.25, 0.3) is 5.69 Å². The minimum Gasteiger partial charge on any atom is -0.495 e. The lowest BCUT2D eigenvalue weighted by molar-refractivity contribution is -0.384. The highest BCUT2D eigenvalue weighted by atomic mass is 16.6. The molecule has 2 aliphatic carbocycles. The summed E-state index contributed by atoms with van der Waals surface area (Å²) >= 11 is 0. The maximum atomic E-state index is 12.8. The Bertz CT molecular complexity index is 742. The van der Waals surface area contributed by atoms with Crippen molar-refractivity contribution in [2.24, 2.45) is 23.7 Å². The molecule has 1 aromatic rings. The summed E-state index contributed by atoms with van der Waals surface area (Å²) in [7, 11) is 1.40. The molecule has 0 spiro atoms. The van der Waals surface area contributed by atoms with E-state index in [2.05, 4.69) is 0 Å². The Morgan fingerprint density at radius 3 is 2.30 bits per heavy atom. The van der Waals surface area contributed by atoms with Crippen LogP contribution in [0.4, 0.5) is 11.4 Å². The van der Waals surface area contributed by atoms with Gasteiger partial charge in [-0.1, -0.05) is 12.2 Å². The third-order valence-corrected chi connectivity index (χ3v) is 5.08. The molecule has 4 rings (SSSR count). The van der Waals surface area contributed by atoms with Crippen LogP contribution in [0.25, 0.3) is 0 Å². The Morgan fingerprint density at radius 1 is 1.17 bits per heavy atom. The lowest BCUT2D eigenvalue weighted by Gasteiger charge is -2.19. The topological polar surface area (TPSA) is 89.8 Å². The summed E-state index contributed by atoms with van der Waals surface area (Å²) in [5, 5.41) is 11.0. The number of nitro groups is 1. The van der Waals surface area contributed by atoms with Crippen LogP contribution < -0.4 is 9.64 Å². The minimum absolute atomic E-state index is 0.0937. The Balaban J connectivity index is 1.80. The van der Waals surface area contributed by atoms with Gasteiger partial charge in [0.2, 0.25) is 11.8 Å². The van der Waals surface area contributed by atoms with Crippen LogP contribution in [0.15, 0.2) is 30.4 Å². The quantitative estimate of drug-likeness (QED) is 0.368. The summed E-state index contributed by atoms with van der Waals surface area (Å²) < 4.78 is 5.20. The summed E-state index contributed by atoms with van der Waals surface area (Å²) in [6.07, 6.45) is 4.85. The summed E-state index contributed by atoms with van der Waals surface area (Å²) in [6.45, 7) is 0. The highest BCUT2D eigenvalue weighted by Gasteiger charge is 2.60. The Hall–Kier alpha value is -2.70. The molecule has 2 amide bonds. The predicted octanol–water partition coefficient (Wildman–Crippen LogP) is 1.91. The van der Waals surface area contributed by atoms with Crippen molar-refractivity contribution < 1.29 is 19.2 Å². The molecule has 23 heavy (non-hydrogen) atoms. The smallest absolute Gasteiger partial charge is 0.271 e. The van der Waals surface area contributed by atoms with Crippen molar-refractivity contribution in [2.75, 3.05) is 12.0 Å². The molecule has 2 bridgehead atoms. The van der Waals surface area contributed by atoms with Gasteiger partial charge >= 0.3 is 0 Å². The van der Waals surface area contributed by atoms with E-state index in [9.17, 15) is 19.7 Å². The number of nitrogens with zero attached hydrogens (tertiary/aromatic N) is 2. The molecule has 1 saturated heterocycles. The second-order valence-corrected chi connectivity index (χ2v) is 6.13. The number of fused-ring (bicyclic) bond motifs is 5. The molecule has 1 aliphatic heterocycles. The standard InChI is InChI=1S/C16H14N2O5/c1-23-12-5-4-10(18(21)22)7-11(12)17-15(19)13-8-2-3-9(6-8)14(13)16(17)20/h2-5,7-9,13-14H,6H2,1H3/t8-,9+,13-,14-/m0/s1. The number of amides is 2. The lowest BCUT2D eigenvalue weighted by atomic mass is 9.85. The van der Waals surface area contributed by atoms with E-state index < -0.39 is 4.92 Å². The molecule has 3 aliphatic rings. The number of non-ortho nitro benzene ring substituents is 1. The zero-order valence-corrected chi connectivity index (χ0v) is 12.3. The molecule has 0 unspecified atom stereocenters. The third-order valence-electron chi connectivity index (χ3n) is 5.08. The summed E-state index contributed by atoms with van der Waals surface area (Å²) in [5.74, 6) is -0.793. The first-order chi connectivity index (χ1) is 11.0. The van der Waals surface area contributed by atoms with Crippen molar-refractivity contribution in [3.63, 3.8) is 0 Å². The molecular weight excluding hydrogens is 300 g/mol. The number of hydrogen-bond acceptors (Lipinski definition) is 5. The van der Waals surface area contributed by atoms with Gasteiger partial charge in [0.05, 0.1) is 23.9 Å². The first kappa shape index (κ1) is 13.9. The normalized spacial score (nSPS) is 30.9. The molecule has 1 heterocycles. The number of carbonyl (C=O) groups excluding carboxylic acids is 2. The van der Waals surface area contributed by atoms with Gasteiger partial charge in [-0.2, -0.15) is 0 Å². The second-order valence-electron chi connectivity index (χ2n) is 6.13. The molecule has 1 aromatic carbocycles. The molecule has 4 atom stereocenters. The highest BCUT2D eigenvalue weighted by Crippen LogP contribution is 2.54. The van der Waals surface area contributed by atoms with E-state index in [0.717, 1.165) is 11.3 Å². The first-order valence-electron chi connectivity index (χ1n) is 7.41. The fourth-order valence-corrected chi connectivity index (χ4v) is 4.11. The maximum Gasteiger partial charge on any atom is 0.271 e. The molecule has 0 N–H and O–H groups in total. The predicted molar refractivity (Wildman–Crippen MR) is 79.9 cm³/mol. The van der Waals surface area contributed by atoms with Crippen molar-refractivity contribution in [2.45, 2.75) is 6.42 Å². The average Bonchev–Trinajstić information content (AvgIpc) is 3.21. The fourth-order valence-electron chi connectivity index (χ4n) is 4.11. The van der Waals surface area contributed by atoms with Crippen molar-refractivity contribution in [3.8, 4) is 5.75 Å². The van der Waals surface area contributed by atoms with E-state index in [1.807, 2.05) is 12.2 Å². The monoisotopic (exact) mass is 314 g/mol. The van der Waals surface area contributed by atoms with Gasteiger partial charge in [-0.15, -0.1) is 0 Å². The molecule has 0 radical (unpaired) electrons. The number of methoxy groups -OCH3 is 1. The molecular formula is C16H14N2O5. The average molecular weight is 314 g/mol. The fraction of sp³-hybridized carbons (Fsp3) is 0.375. The van der Waals surface area contributed by atoms with Gasteiger partial charge in [0.15, 0.2) is 0 Å².